The van der Waals surface area contributed by atoms with E-state index in [0.717, 1.165) is 16.5 Å². The predicted molar refractivity (Wildman–Crippen MR) is 65.5 cm³/mol. The molecule has 0 aliphatic heterocycles. The lowest BCUT2D eigenvalue weighted by molar-refractivity contribution is -0.150. The topological polar surface area (TPSA) is 46.5 Å². The first-order valence-corrected chi connectivity index (χ1v) is 6.01. The van der Waals surface area contributed by atoms with Crippen molar-refractivity contribution in [2.75, 3.05) is 6.61 Å². The van der Waals surface area contributed by atoms with Gasteiger partial charge in [0.15, 0.2) is 6.10 Å². The third-order valence-electron chi connectivity index (χ3n) is 2.11. The minimum atomic E-state index is -0.909. The summed E-state index contributed by atoms with van der Waals surface area (Å²) in [6.07, 6.45) is 0.464. The molecule has 1 N–H and O–H groups in total. The van der Waals surface area contributed by atoms with E-state index in [1.54, 1.807) is 0 Å². The Morgan fingerprint density at radius 2 is 2.31 bits per heavy atom. The monoisotopic (exact) mass is 286 g/mol. The maximum atomic E-state index is 11.0. The number of ether oxygens (including phenoxy) is 1. The van der Waals surface area contributed by atoms with Gasteiger partial charge in [-0.25, -0.2) is 4.79 Å². The molecule has 0 aliphatic rings. The maximum Gasteiger partial charge on any atom is 0.333 e. The molecule has 0 fully saturated rings. The number of carboxylic acid groups (broad SMARTS) is 1. The van der Waals surface area contributed by atoms with Gasteiger partial charge >= 0.3 is 5.97 Å². The van der Waals surface area contributed by atoms with Crippen molar-refractivity contribution in [1.29, 1.82) is 0 Å². The molecule has 0 spiro atoms. The van der Waals surface area contributed by atoms with E-state index in [1.165, 1.54) is 0 Å². The van der Waals surface area contributed by atoms with Crippen LogP contribution in [-0.2, 0) is 16.0 Å². The van der Waals surface area contributed by atoms with Gasteiger partial charge in [-0.05, 0) is 24.1 Å². The molecule has 0 amide bonds. The third-order valence-corrected chi connectivity index (χ3v) is 2.60. The predicted octanol–water partition coefficient (Wildman–Crippen LogP) is 2.87. The Labute approximate surface area is 104 Å². The molecule has 16 heavy (non-hydrogen) atoms. The fraction of sp³-hybridized carbons (Fsp3) is 0.417. The average Bonchev–Trinajstić information content (AvgIpc) is 2.24. The number of hydrogen-bond acceptors (Lipinski definition) is 2. The first-order chi connectivity index (χ1) is 7.63. The molecule has 4 heteroatoms. The van der Waals surface area contributed by atoms with E-state index in [-0.39, 0.29) is 0 Å². The molecule has 0 radical (unpaired) electrons. The van der Waals surface area contributed by atoms with Crippen molar-refractivity contribution in [3.05, 3.63) is 34.3 Å². The van der Waals surface area contributed by atoms with Crippen LogP contribution >= 0.6 is 15.9 Å². The minimum Gasteiger partial charge on any atom is -0.479 e. The Balaban J connectivity index is 2.64. The molecule has 1 atom stereocenters. The van der Waals surface area contributed by atoms with Gasteiger partial charge in [0.2, 0.25) is 0 Å². The van der Waals surface area contributed by atoms with Gasteiger partial charge in [0, 0.05) is 17.5 Å². The Hall–Kier alpha value is -0.870. The van der Waals surface area contributed by atoms with Gasteiger partial charge in [-0.1, -0.05) is 35.0 Å². The zero-order valence-corrected chi connectivity index (χ0v) is 10.7. The number of carboxylic acids is 1. The molecular formula is C12H15BrO3. The highest BCUT2D eigenvalue weighted by Crippen LogP contribution is 2.14. The quantitative estimate of drug-likeness (QED) is 0.875. The lowest BCUT2D eigenvalue weighted by Gasteiger charge is -2.13. The van der Waals surface area contributed by atoms with E-state index in [1.807, 2.05) is 31.2 Å². The summed E-state index contributed by atoms with van der Waals surface area (Å²) >= 11 is 3.35. The summed E-state index contributed by atoms with van der Waals surface area (Å²) in [5.74, 6) is -0.909. The normalized spacial score (nSPS) is 12.4. The van der Waals surface area contributed by atoms with Crippen LogP contribution in [0.25, 0.3) is 0 Å². The Morgan fingerprint density at radius 1 is 1.56 bits per heavy atom. The molecule has 1 aromatic carbocycles. The summed E-state index contributed by atoms with van der Waals surface area (Å²) < 4.78 is 6.23. The number of aliphatic carboxylic acids is 1. The van der Waals surface area contributed by atoms with Crippen LogP contribution in [0.5, 0.6) is 0 Å². The number of rotatable bonds is 6. The number of benzene rings is 1. The third kappa shape index (κ3) is 4.33. The number of halogens is 1. The van der Waals surface area contributed by atoms with E-state index in [9.17, 15) is 4.79 Å². The van der Waals surface area contributed by atoms with Gasteiger partial charge < -0.3 is 9.84 Å². The second kappa shape index (κ2) is 6.66. The van der Waals surface area contributed by atoms with Crippen molar-refractivity contribution in [3.63, 3.8) is 0 Å². The van der Waals surface area contributed by atoms with Crippen molar-refractivity contribution in [2.45, 2.75) is 25.9 Å². The Morgan fingerprint density at radius 3 is 2.88 bits per heavy atom. The molecular weight excluding hydrogens is 272 g/mol. The van der Waals surface area contributed by atoms with Gasteiger partial charge in [0.05, 0.1) is 0 Å². The van der Waals surface area contributed by atoms with Crippen LogP contribution in [0.4, 0.5) is 0 Å². The van der Waals surface area contributed by atoms with E-state index < -0.39 is 12.1 Å². The van der Waals surface area contributed by atoms with Gasteiger partial charge in [-0.2, -0.15) is 0 Å². The van der Waals surface area contributed by atoms with Gasteiger partial charge in [-0.3, -0.25) is 0 Å². The standard InChI is InChI=1S/C12H15BrO3/c1-2-6-16-11(12(14)15)8-9-4-3-5-10(13)7-9/h3-5,7,11H,2,6,8H2,1H3,(H,14,15)/t11-/m0/s1. The summed E-state index contributed by atoms with van der Waals surface area (Å²) in [4.78, 5) is 11.0. The van der Waals surface area contributed by atoms with Crippen LogP contribution in [0.3, 0.4) is 0 Å². The van der Waals surface area contributed by atoms with E-state index >= 15 is 0 Å². The SMILES string of the molecule is CCCO[C@@H](Cc1cccc(Br)c1)C(=O)O. The summed E-state index contributed by atoms with van der Waals surface area (Å²) in [7, 11) is 0. The summed E-state index contributed by atoms with van der Waals surface area (Å²) in [5, 5.41) is 8.99. The number of hydrogen-bond donors (Lipinski definition) is 1. The molecule has 1 rings (SSSR count). The zero-order chi connectivity index (χ0) is 12.0. The van der Waals surface area contributed by atoms with Crippen LogP contribution in [0.15, 0.2) is 28.7 Å². The van der Waals surface area contributed by atoms with E-state index in [4.69, 9.17) is 9.84 Å². The smallest absolute Gasteiger partial charge is 0.333 e. The Kier molecular flexibility index (Phi) is 5.49. The zero-order valence-electron chi connectivity index (χ0n) is 9.15. The average molecular weight is 287 g/mol. The maximum absolute atomic E-state index is 11.0. The van der Waals surface area contributed by atoms with Crippen LogP contribution in [0.1, 0.15) is 18.9 Å². The summed E-state index contributed by atoms with van der Waals surface area (Å²) in [6, 6.07) is 7.60. The molecule has 0 aliphatic carbocycles. The van der Waals surface area contributed by atoms with Crippen molar-refractivity contribution in [1.82, 2.24) is 0 Å². The van der Waals surface area contributed by atoms with Crippen molar-refractivity contribution in [2.24, 2.45) is 0 Å². The van der Waals surface area contributed by atoms with E-state index in [0.29, 0.717) is 13.0 Å². The van der Waals surface area contributed by atoms with Gasteiger partial charge in [0.25, 0.3) is 0 Å². The number of carbonyl (C=O) groups is 1. The fourth-order valence-electron chi connectivity index (χ4n) is 1.36. The largest absolute Gasteiger partial charge is 0.479 e. The molecule has 0 heterocycles. The van der Waals surface area contributed by atoms with Crippen molar-refractivity contribution < 1.29 is 14.6 Å². The minimum absolute atomic E-state index is 0.398. The first kappa shape index (κ1) is 13.2. The molecule has 0 saturated carbocycles. The lowest BCUT2D eigenvalue weighted by atomic mass is 10.1. The van der Waals surface area contributed by atoms with Gasteiger partial charge in [0.1, 0.15) is 0 Å². The second-order valence-corrected chi connectivity index (χ2v) is 4.45. The first-order valence-electron chi connectivity index (χ1n) is 5.22. The molecule has 0 bridgehead atoms. The molecule has 0 saturated heterocycles. The highest BCUT2D eigenvalue weighted by Gasteiger charge is 2.18. The lowest BCUT2D eigenvalue weighted by Crippen LogP contribution is -2.26. The Bertz CT molecular complexity index is 352. The van der Waals surface area contributed by atoms with Gasteiger partial charge in [-0.15, -0.1) is 0 Å². The highest BCUT2D eigenvalue weighted by atomic mass is 79.9. The summed E-state index contributed by atoms with van der Waals surface area (Å²) in [5.41, 5.74) is 0.956. The second-order valence-electron chi connectivity index (χ2n) is 3.53. The molecule has 1 aromatic rings. The van der Waals surface area contributed by atoms with Crippen molar-refractivity contribution in [3.8, 4) is 0 Å². The molecule has 0 aromatic heterocycles. The van der Waals surface area contributed by atoms with Crippen LogP contribution in [0.2, 0.25) is 0 Å². The summed E-state index contributed by atoms with van der Waals surface area (Å²) in [6.45, 7) is 2.43. The molecule has 3 nitrogen and oxygen atoms in total. The molecule has 88 valence electrons. The fourth-order valence-corrected chi connectivity index (χ4v) is 1.80. The van der Waals surface area contributed by atoms with Crippen LogP contribution < -0.4 is 0 Å². The van der Waals surface area contributed by atoms with E-state index in [2.05, 4.69) is 15.9 Å². The highest BCUT2D eigenvalue weighted by molar-refractivity contribution is 9.10. The van der Waals surface area contributed by atoms with Crippen molar-refractivity contribution >= 4 is 21.9 Å². The van der Waals surface area contributed by atoms with Crippen LogP contribution in [0, 0.1) is 0 Å². The molecule has 0 unspecified atom stereocenters. The van der Waals surface area contributed by atoms with Crippen LogP contribution in [-0.4, -0.2) is 23.8 Å².